The van der Waals surface area contributed by atoms with Gasteiger partial charge >= 0.3 is 0 Å². The highest BCUT2D eigenvalue weighted by molar-refractivity contribution is 5.92. The van der Waals surface area contributed by atoms with Gasteiger partial charge in [0.15, 0.2) is 23.9 Å². The van der Waals surface area contributed by atoms with Crippen LogP contribution in [0.2, 0.25) is 0 Å². The minimum absolute atomic E-state index is 0.182. The molecule has 7 nitrogen and oxygen atoms in total. The molecule has 0 spiro atoms. The van der Waals surface area contributed by atoms with Gasteiger partial charge in [-0.25, -0.2) is 4.98 Å². The molecule has 3 aromatic rings. The monoisotopic (exact) mass is 393 g/mol. The number of nitrogens with zero attached hydrogens (tertiary/aromatic N) is 2. The predicted octanol–water partition coefficient (Wildman–Crippen LogP) is 3.80. The van der Waals surface area contributed by atoms with E-state index in [1.807, 2.05) is 38.1 Å². The largest absolute Gasteiger partial charge is 0.493 e. The normalized spacial score (nSPS) is 10.3. The maximum absolute atomic E-state index is 12.3. The SMILES string of the molecule is COc1ccc(NC(=O)COc2cc(C)nc(-c3ccc(C)cc3)n2)cc1OC. The zero-order chi connectivity index (χ0) is 20.8. The van der Waals surface area contributed by atoms with Crippen molar-refractivity contribution in [2.24, 2.45) is 0 Å². The van der Waals surface area contributed by atoms with E-state index in [-0.39, 0.29) is 12.5 Å². The second-order valence-electron chi connectivity index (χ2n) is 6.44. The lowest BCUT2D eigenvalue weighted by atomic mass is 10.1. The fourth-order valence-corrected chi connectivity index (χ4v) is 2.70. The lowest BCUT2D eigenvalue weighted by Crippen LogP contribution is -2.20. The molecule has 0 bridgehead atoms. The molecule has 29 heavy (non-hydrogen) atoms. The molecule has 1 N–H and O–H groups in total. The van der Waals surface area contributed by atoms with Gasteiger partial charge in [-0.1, -0.05) is 29.8 Å². The molecular formula is C22H23N3O4. The number of ether oxygens (including phenoxy) is 3. The number of aromatic nitrogens is 2. The number of aryl methyl sites for hydroxylation is 2. The standard InChI is InChI=1S/C22H23N3O4/c1-14-5-7-16(8-6-14)22-23-15(2)11-21(25-22)29-13-20(26)24-17-9-10-18(27-3)19(12-17)28-4/h5-12H,13H2,1-4H3,(H,24,26). The fourth-order valence-electron chi connectivity index (χ4n) is 2.70. The van der Waals surface area contributed by atoms with Crippen LogP contribution < -0.4 is 19.5 Å². The topological polar surface area (TPSA) is 82.6 Å². The number of nitrogens with one attached hydrogen (secondary N) is 1. The molecule has 1 aromatic heterocycles. The number of hydrogen-bond acceptors (Lipinski definition) is 6. The summed E-state index contributed by atoms with van der Waals surface area (Å²) in [7, 11) is 3.09. The molecule has 0 atom stereocenters. The molecule has 7 heteroatoms. The van der Waals surface area contributed by atoms with Crippen molar-refractivity contribution in [3.05, 3.63) is 59.8 Å². The molecule has 3 rings (SSSR count). The molecule has 0 aliphatic heterocycles. The Kier molecular flexibility index (Phi) is 6.29. The Hall–Kier alpha value is -3.61. The van der Waals surface area contributed by atoms with Gasteiger partial charge in [-0.3, -0.25) is 4.79 Å². The van der Waals surface area contributed by atoms with E-state index in [4.69, 9.17) is 14.2 Å². The summed E-state index contributed by atoms with van der Waals surface area (Å²) in [4.78, 5) is 21.1. The fraction of sp³-hybridized carbons (Fsp3) is 0.227. The van der Waals surface area contributed by atoms with Crippen LogP contribution in [-0.4, -0.2) is 36.7 Å². The number of rotatable bonds is 7. The van der Waals surface area contributed by atoms with E-state index >= 15 is 0 Å². The molecule has 1 heterocycles. The first kappa shape index (κ1) is 20.1. The van der Waals surface area contributed by atoms with Gasteiger partial charge in [-0.05, 0) is 26.0 Å². The van der Waals surface area contributed by atoms with Crippen molar-refractivity contribution in [2.45, 2.75) is 13.8 Å². The molecule has 150 valence electrons. The van der Waals surface area contributed by atoms with Crippen LogP contribution in [-0.2, 0) is 4.79 Å². The molecule has 0 radical (unpaired) electrons. The van der Waals surface area contributed by atoms with Crippen molar-refractivity contribution in [3.8, 4) is 28.8 Å². The second-order valence-corrected chi connectivity index (χ2v) is 6.44. The first-order chi connectivity index (χ1) is 14.0. The molecule has 0 aliphatic carbocycles. The van der Waals surface area contributed by atoms with E-state index in [2.05, 4.69) is 15.3 Å². The highest BCUT2D eigenvalue weighted by Gasteiger charge is 2.10. The molecule has 0 saturated heterocycles. The first-order valence-electron chi connectivity index (χ1n) is 9.06. The Labute approximate surface area is 169 Å². The Bertz CT molecular complexity index is 1000. The molecule has 0 saturated carbocycles. The summed E-state index contributed by atoms with van der Waals surface area (Å²) in [6, 6.07) is 14.7. The third-order valence-electron chi connectivity index (χ3n) is 4.16. The van der Waals surface area contributed by atoms with E-state index in [1.165, 1.54) is 7.11 Å². The number of carbonyl (C=O) groups excluding carboxylic acids is 1. The van der Waals surface area contributed by atoms with Gasteiger partial charge in [0.25, 0.3) is 5.91 Å². The van der Waals surface area contributed by atoms with Crippen LogP contribution in [0.5, 0.6) is 17.4 Å². The van der Waals surface area contributed by atoms with Crippen molar-refractivity contribution in [1.82, 2.24) is 9.97 Å². The van der Waals surface area contributed by atoms with Gasteiger partial charge in [0.2, 0.25) is 5.88 Å². The van der Waals surface area contributed by atoms with Gasteiger partial charge in [0, 0.05) is 29.1 Å². The van der Waals surface area contributed by atoms with Gasteiger partial charge in [0.1, 0.15) is 0 Å². The Morgan fingerprint density at radius 3 is 2.34 bits per heavy atom. The van der Waals surface area contributed by atoms with Gasteiger partial charge in [-0.2, -0.15) is 4.98 Å². The Balaban J connectivity index is 1.66. The van der Waals surface area contributed by atoms with Crippen LogP contribution in [0.15, 0.2) is 48.5 Å². The summed E-state index contributed by atoms with van der Waals surface area (Å²) >= 11 is 0. The van der Waals surface area contributed by atoms with Crippen molar-refractivity contribution in [3.63, 3.8) is 0 Å². The van der Waals surface area contributed by atoms with E-state index in [0.29, 0.717) is 28.9 Å². The minimum atomic E-state index is -0.314. The average Bonchev–Trinajstić information content (AvgIpc) is 2.72. The maximum atomic E-state index is 12.3. The van der Waals surface area contributed by atoms with Gasteiger partial charge in [-0.15, -0.1) is 0 Å². The lowest BCUT2D eigenvalue weighted by Gasteiger charge is -2.11. The van der Waals surface area contributed by atoms with Crippen LogP contribution in [0, 0.1) is 13.8 Å². The smallest absolute Gasteiger partial charge is 0.262 e. The van der Waals surface area contributed by atoms with Gasteiger partial charge in [0.05, 0.1) is 14.2 Å². The third kappa shape index (κ3) is 5.22. The number of hydrogen-bond donors (Lipinski definition) is 1. The number of anilines is 1. The Morgan fingerprint density at radius 2 is 1.66 bits per heavy atom. The summed E-state index contributed by atoms with van der Waals surface area (Å²) in [5.41, 5.74) is 3.38. The van der Waals surface area contributed by atoms with Crippen LogP contribution in [0.3, 0.4) is 0 Å². The summed E-state index contributed by atoms with van der Waals surface area (Å²) in [5, 5.41) is 2.76. The van der Waals surface area contributed by atoms with Gasteiger partial charge < -0.3 is 19.5 Å². The van der Waals surface area contributed by atoms with E-state index in [1.54, 1.807) is 31.4 Å². The molecule has 0 fully saturated rings. The van der Waals surface area contributed by atoms with Crippen molar-refractivity contribution < 1.29 is 19.0 Å². The number of methoxy groups -OCH3 is 2. The van der Waals surface area contributed by atoms with Crippen LogP contribution in [0.25, 0.3) is 11.4 Å². The zero-order valence-corrected chi connectivity index (χ0v) is 16.9. The lowest BCUT2D eigenvalue weighted by molar-refractivity contribution is -0.118. The molecule has 2 aromatic carbocycles. The molecule has 0 unspecified atom stereocenters. The summed E-state index contributed by atoms with van der Waals surface area (Å²) in [5.74, 6) is 1.70. The quantitative estimate of drug-likeness (QED) is 0.658. The zero-order valence-electron chi connectivity index (χ0n) is 16.9. The van der Waals surface area contributed by atoms with Crippen LogP contribution in [0.4, 0.5) is 5.69 Å². The van der Waals surface area contributed by atoms with E-state index in [0.717, 1.165) is 16.8 Å². The highest BCUT2D eigenvalue weighted by atomic mass is 16.5. The Morgan fingerprint density at radius 1 is 0.931 bits per heavy atom. The average molecular weight is 393 g/mol. The van der Waals surface area contributed by atoms with Crippen molar-refractivity contribution >= 4 is 11.6 Å². The summed E-state index contributed by atoms with van der Waals surface area (Å²) in [6.07, 6.45) is 0. The molecular weight excluding hydrogens is 370 g/mol. The predicted molar refractivity (Wildman–Crippen MR) is 111 cm³/mol. The van der Waals surface area contributed by atoms with Crippen LogP contribution >= 0.6 is 0 Å². The number of benzene rings is 2. The summed E-state index contributed by atoms with van der Waals surface area (Å²) in [6.45, 7) is 3.69. The van der Waals surface area contributed by atoms with Crippen LogP contribution in [0.1, 0.15) is 11.3 Å². The van der Waals surface area contributed by atoms with E-state index < -0.39 is 0 Å². The first-order valence-corrected chi connectivity index (χ1v) is 9.06. The highest BCUT2D eigenvalue weighted by Crippen LogP contribution is 2.29. The molecule has 1 amide bonds. The molecule has 0 aliphatic rings. The third-order valence-corrected chi connectivity index (χ3v) is 4.16. The van der Waals surface area contributed by atoms with Crippen molar-refractivity contribution in [2.75, 3.05) is 26.1 Å². The maximum Gasteiger partial charge on any atom is 0.262 e. The second kappa shape index (κ2) is 9.05. The van der Waals surface area contributed by atoms with Crippen molar-refractivity contribution in [1.29, 1.82) is 0 Å². The number of amides is 1. The number of carbonyl (C=O) groups is 1. The van der Waals surface area contributed by atoms with E-state index in [9.17, 15) is 4.79 Å². The minimum Gasteiger partial charge on any atom is -0.493 e. The summed E-state index contributed by atoms with van der Waals surface area (Å²) < 4.78 is 16.0.